The smallest absolute Gasteiger partial charge is 0.287 e. The minimum absolute atomic E-state index is 0.208. The molecule has 1 unspecified atom stereocenters. The van der Waals surface area contributed by atoms with E-state index in [0.717, 1.165) is 45.1 Å². The van der Waals surface area contributed by atoms with Crippen molar-refractivity contribution in [3.05, 3.63) is 60.1 Å². The van der Waals surface area contributed by atoms with E-state index in [1.54, 1.807) is 12.1 Å². The summed E-state index contributed by atoms with van der Waals surface area (Å²) in [4.78, 5) is 21.5. The van der Waals surface area contributed by atoms with Gasteiger partial charge < -0.3 is 20.0 Å². The molecule has 2 N–H and O–H groups in total. The van der Waals surface area contributed by atoms with Crippen LogP contribution in [0.2, 0.25) is 0 Å². The number of hydrogen-bond acceptors (Lipinski definition) is 4. The first-order valence-electron chi connectivity index (χ1n) is 10.9. The van der Waals surface area contributed by atoms with E-state index < -0.39 is 0 Å². The zero-order chi connectivity index (χ0) is 21.2. The van der Waals surface area contributed by atoms with Crippen LogP contribution >= 0.6 is 0 Å². The topological polar surface area (TPSA) is 73.1 Å². The molecule has 0 aliphatic carbocycles. The molecule has 3 rings (SSSR count). The second-order valence-electron chi connectivity index (χ2n) is 7.33. The molecule has 162 valence electrons. The Kier molecular flexibility index (Phi) is 8.32. The van der Waals surface area contributed by atoms with Gasteiger partial charge in [0.15, 0.2) is 11.7 Å². The van der Waals surface area contributed by atoms with Gasteiger partial charge in [0.2, 0.25) is 0 Å². The Morgan fingerprint density at radius 2 is 1.83 bits per heavy atom. The number of aliphatic imine (C=N–C) groups is 1. The van der Waals surface area contributed by atoms with Crippen LogP contribution in [0.25, 0.3) is 0 Å². The van der Waals surface area contributed by atoms with Crippen molar-refractivity contribution in [2.45, 2.75) is 26.3 Å². The van der Waals surface area contributed by atoms with Gasteiger partial charge in [0.1, 0.15) is 0 Å². The van der Waals surface area contributed by atoms with Crippen LogP contribution < -0.4 is 10.6 Å². The maximum Gasteiger partial charge on any atom is 0.287 e. The highest BCUT2D eigenvalue weighted by molar-refractivity contribution is 5.91. The Bertz CT molecular complexity index is 783. The van der Waals surface area contributed by atoms with E-state index in [4.69, 9.17) is 9.41 Å². The number of benzene rings is 1. The van der Waals surface area contributed by atoms with Crippen molar-refractivity contribution in [1.29, 1.82) is 0 Å². The molecule has 2 aromatic rings. The summed E-state index contributed by atoms with van der Waals surface area (Å²) in [6.07, 6.45) is 2.60. The molecule has 7 nitrogen and oxygen atoms in total. The van der Waals surface area contributed by atoms with Gasteiger partial charge in [0.05, 0.1) is 12.8 Å². The average Bonchev–Trinajstić information content (AvgIpc) is 3.33. The normalized spacial score (nSPS) is 16.3. The molecule has 1 atom stereocenters. The molecule has 1 aliphatic rings. The van der Waals surface area contributed by atoms with Crippen LogP contribution in [-0.2, 0) is 0 Å². The van der Waals surface area contributed by atoms with E-state index in [1.807, 2.05) is 0 Å². The van der Waals surface area contributed by atoms with Crippen LogP contribution in [0, 0.1) is 0 Å². The number of nitrogens with zero attached hydrogens (tertiary/aromatic N) is 3. The van der Waals surface area contributed by atoms with Crippen molar-refractivity contribution in [1.82, 2.24) is 20.4 Å². The van der Waals surface area contributed by atoms with Crippen LogP contribution in [0.1, 0.15) is 42.4 Å². The summed E-state index contributed by atoms with van der Waals surface area (Å²) >= 11 is 0. The third kappa shape index (κ3) is 5.86. The number of carbonyl (C=O) groups excluding carboxylic acids is 1. The molecule has 1 fully saturated rings. The molecule has 1 aromatic carbocycles. The number of amides is 1. The number of nitrogens with one attached hydrogen (secondary N) is 2. The number of guanidine groups is 1. The van der Waals surface area contributed by atoms with Crippen molar-refractivity contribution >= 4 is 11.9 Å². The van der Waals surface area contributed by atoms with E-state index in [9.17, 15) is 4.79 Å². The minimum atomic E-state index is -0.208. The van der Waals surface area contributed by atoms with E-state index in [-0.39, 0.29) is 5.91 Å². The summed E-state index contributed by atoms with van der Waals surface area (Å²) < 4.78 is 5.10. The van der Waals surface area contributed by atoms with Gasteiger partial charge in [-0.1, -0.05) is 37.3 Å². The van der Waals surface area contributed by atoms with Gasteiger partial charge in [-0.2, -0.15) is 0 Å². The summed E-state index contributed by atoms with van der Waals surface area (Å²) in [7, 11) is 0. The molecular formula is C23H33N5O2. The van der Waals surface area contributed by atoms with Gasteiger partial charge in [0.25, 0.3) is 5.91 Å². The first-order valence-corrected chi connectivity index (χ1v) is 10.9. The molecule has 0 radical (unpaired) electrons. The van der Waals surface area contributed by atoms with Crippen molar-refractivity contribution in [2.75, 3.05) is 45.8 Å². The van der Waals surface area contributed by atoms with Crippen molar-refractivity contribution in [2.24, 2.45) is 4.99 Å². The Morgan fingerprint density at radius 1 is 1.07 bits per heavy atom. The molecule has 30 heavy (non-hydrogen) atoms. The first kappa shape index (κ1) is 21.9. The van der Waals surface area contributed by atoms with Crippen molar-refractivity contribution in [3.8, 4) is 0 Å². The SMILES string of the molecule is CCNC(=NCCNC(=O)c1ccco1)N1CCN(C(CC)c2ccccc2)CC1. The average molecular weight is 412 g/mol. The molecule has 0 saturated carbocycles. The monoisotopic (exact) mass is 411 g/mol. The van der Waals surface area contributed by atoms with E-state index in [2.05, 4.69) is 64.6 Å². The largest absolute Gasteiger partial charge is 0.459 e. The summed E-state index contributed by atoms with van der Waals surface area (Å²) in [5.74, 6) is 1.03. The van der Waals surface area contributed by atoms with Crippen LogP contribution in [0.4, 0.5) is 0 Å². The lowest BCUT2D eigenvalue weighted by molar-refractivity contribution is 0.0927. The van der Waals surface area contributed by atoms with Gasteiger partial charge in [-0.25, -0.2) is 0 Å². The zero-order valence-corrected chi connectivity index (χ0v) is 18.0. The number of rotatable bonds is 8. The maximum atomic E-state index is 11.9. The molecule has 0 spiro atoms. The number of furan rings is 1. The fourth-order valence-electron chi connectivity index (χ4n) is 3.88. The molecule has 1 aromatic heterocycles. The lowest BCUT2D eigenvalue weighted by atomic mass is 10.0. The second kappa shape index (κ2) is 11.4. The fourth-order valence-corrected chi connectivity index (χ4v) is 3.88. The maximum absolute atomic E-state index is 11.9. The van der Waals surface area contributed by atoms with E-state index >= 15 is 0 Å². The third-order valence-corrected chi connectivity index (χ3v) is 5.36. The van der Waals surface area contributed by atoms with Gasteiger partial charge >= 0.3 is 0 Å². The highest BCUT2D eigenvalue weighted by atomic mass is 16.3. The predicted molar refractivity (Wildman–Crippen MR) is 120 cm³/mol. The molecular weight excluding hydrogens is 378 g/mol. The second-order valence-corrected chi connectivity index (χ2v) is 7.33. The molecule has 1 aliphatic heterocycles. The third-order valence-electron chi connectivity index (χ3n) is 5.36. The standard InChI is InChI=1S/C23H33N5O2/c1-3-20(19-9-6-5-7-10-19)27-14-16-28(17-15-27)23(24-4-2)26-13-12-25-22(29)21-11-8-18-30-21/h5-11,18,20H,3-4,12-17H2,1-2H3,(H,24,26)(H,25,29). The lowest BCUT2D eigenvalue weighted by Gasteiger charge is -2.40. The summed E-state index contributed by atoms with van der Waals surface area (Å²) in [6.45, 7) is 10.0. The summed E-state index contributed by atoms with van der Waals surface area (Å²) in [6, 6.07) is 14.6. The van der Waals surface area contributed by atoms with Gasteiger partial charge in [-0.05, 0) is 31.0 Å². The molecule has 0 bridgehead atoms. The lowest BCUT2D eigenvalue weighted by Crippen LogP contribution is -2.53. The van der Waals surface area contributed by atoms with Crippen LogP contribution in [0.3, 0.4) is 0 Å². The molecule has 7 heteroatoms. The number of piperazine rings is 1. The Morgan fingerprint density at radius 3 is 2.47 bits per heavy atom. The Balaban J connectivity index is 1.50. The van der Waals surface area contributed by atoms with E-state index in [0.29, 0.717) is 24.9 Å². The van der Waals surface area contributed by atoms with Gasteiger partial charge in [-0.3, -0.25) is 14.7 Å². The quantitative estimate of drug-likeness (QED) is 0.397. The van der Waals surface area contributed by atoms with Gasteiger partial charge in [-0.15, -0.1) is 0 Å². The molecule has 1 saturated heterocycles. The van der Waals surface area contributed by atoms with Crippen LogP contribution in [0.15, 0.2) is 58.1 Å². The first-order chi connectivity index (χ1) is 14.7. The predicted octanol–water partition coefficient (Wildman–Crippen LogP) is 2.74. The van der Waals surface area contributed by atoms with Crippen molar-refractivity contribution in [3.63, 3.8) is 0 Å². The van der Waals surface area contributed by atoms with E-state index in [1.165, 1.54) is 11.8 Å². The highest BCUT2D eigenvalue weighted by Gasteiger charge is 2.25. The number of hydrogen-bond donors (Lipinski definition) is 2. The minimum Gasteiger partial charge on any atom is -0.459 e. The molecule has 2 heterocycles. The Hall–Kier alpha value is -2.80. The summed E-state index contributed by atoms with van der Waals surface area (Å²) in [5.41, 5.74) is 1.39. The van der Waals surface area contributed by atoms with Gasteiger partial charge in [0, 0.05) is 45.3 Å². The van der Waals surface area contributed by atoms with Crippen molar-refractivity contribution < 1.29 is 9.21 Å². The Labute approximate surface area is 179 Å². The van der Waals surface area contributed by atoms with Crippen LogP contribution in [0.5, 0.6) is 0 Å². The number of carbonyl (C=O) groups is 1. The summed E-state index contributed by atoms with van der Waals surface area (Å²) in [5, 5.41) is 6.22. The fraction of sp³-hybridized carbons (Fsp3) is 0.478. The highest BCUT2D eigenvalue weighted by Crippen LogP contribution is 2.25. The molecule has 1 amide bonds. The zero-order valence-electron chi connectivity index (χ0n) is 18.0. The van der Waals surface area contributed by atoms with Crippen LogP contribution in [-0.4, -0.2) is 67.5 Å².